The van der Waals surface area contributed by atoms with E-state index < -0.39 is 9.84 Å². The van der Waals surface area contributed by atoms with Gasteiger partial charge in [0.2, 0.25) is 0 Å². The van der Waals surface area contributed by atoms with E-state index >= 15 is 0 Å². The largest absolute Gasteiger partial charge is 0.265 e. The van der Waals surface area contributed by atoms with Crippen LogP contribution in [-0.4, -0.2) is 29.6 Å². The van der Waals surface area contributed by atoms with Crippen molar-refractivity contribution in [1.29, 1.82) is 0 Å². The van der Waals surface area contributed by atoms with Crippen molar-refractivity contribution < 1.29 is 8.42 Å². The first-order valence-corrected chi connectivity index (χ1v) is 10.4. The van der Waals surface area contributed by atoms with E-state index in [1.807, 2.05) is 31.2 Å². The van der Waals surface area contributed by atoms with Crippen LogP contribution in [0.15, 0.2) is 69.7 Å². The van der Waals surface area contributed by atoms with Gasteiger partial charge in [0.1, 0.15) is 5.03 Å². The summed E-state index contributed by atoms with van der Waals surface area (Å²) in [6.07, 6.45) is 5.38. The Labute approximate surface area is 151 Å². The Morgan fingerprint density at radius 1 is 1.04 bits per heavy atom. The van der Waals surface area contributed by atoms with E-state index in [-0.39, 0.29) is 0 Å². The predicted molar refractivity (Wildman–Crippen MR) is 98.3 cm³/mol. The standard InChI is InChI=1S/C18H17N3O2S2/c1-3-14-12-17(21-18(20-14)13-8-10-19-11-9-13)24-15-6-4-5-7-16(15)25(2,22)23/h4-12H,3H2,1-2H3. The number of benzene rings is 1. The molecule has 0 fully saturated rings. The fourth-order valence-corrected chi connectivity index (χ4v) is 4.50. The minimum Gasteiger partial charge on any atom is -0.265 e. The molecule has 0 N–H and O–H groups in total. The molecule has 0 saturated carbocycles. The lowest BCUT2D eigenvalue weighted by Gasteiger charge is -2.09. The van der Waals surface area contributed by atoms with E-state index in [1.165, 1.54) is 18.0 Å². The third kappa shape index (κ3) is 4.24. The van der Waals surface area contributed by atoms with Gasteiger partial charge >= 0.3 is 0 Å². The molecule has 128 valence electrons. The second-order valence-electron chi connectivity index (χ2n) is 5.43. The minimum absolute atomic E-state index is 0.308. The summed E-state index contributed by atoms with van der Waals surface area (Å²) < 4.78 is 24.0. The molecular weight excluding hydrogens is 354 g/mol. The van der Waals surface area contributed by atoms with E-state index in [2.05, 4.69) is 15.0 Å². The molecule has 0 atom stereocenters. The summed E-state index contributed by atoms with van der Waals surface area (Å²) in [5.41, 5.74) is 1.78. The maximum absolute atomic E-state index is 12.0. The van der Waals surface area contributed by atoms with Crippen LogP contribution >= 0.6 is 11.8 Å². The summed E-state index contributed by atoms with van der Waals surface area (Å²) in [4.78, 5) is 14.1. The Kier molecular flexibility index (Phi) is 5.15. The van der Waals surface area contributed by atoms with E-state index in [0.29, 0.717) is 15.6 Å². The average Bonchev–Trinajstić information content (AvgIpc) is 2.61. The number of sulfone groups is 1. The van der Waals surface area contributed by atoms with Crippen LogP contribution in [0, 0.1) is 0 Å². The van der Waals surface area contributed by atoms with Gasteiger partial charge in [0.15, 0.2) is 15.7 Å². The summed E-state index contributed by atoms with van der Waals surface area (Å²) in [7, 11) is -3.30. The van der Waals surface area contributed by atoms with Crippen LogP contribution < -0.4 is 0 Å². The van der Waals surface area contributed by atoms with Crippen molar-refractivity contribution in [3.63, 3.8) is 0 Å². The molecule has 1 aromatic carbocycles. The molecule has 3 rings (SSSR count). The van der Waals surface area contributed by atoms with Gasteiger partial charge in [-0.15, -0.1) is 0 Å². The van der Waals surface area contributed by atoms with E-state index in [9.17, 15) is 8.42 Å². The molecular formula is C18H17N3O2S2. The van der Waals surface area contributed by atoms with Crippen LogP contribution in [0.2, 0.25) is 0 Å². The fourth-order valence-electron chi connectivity index (χ4n) is 2.29. The van der Waals surface area contributed by atoms with Crippen molar-refractivity contribution in [2.45, 2.75) is 28.2 Å². The van der Waals surface area contributed by atoms with Crippen molar-refractivity contribution in [3.8, 4) is 11.4 Å². The second-order valence-corrected chi connectivity index (χ2v) is 8.48. The van der Waals surface area contributed by atoms with Gasteiger partial charge in [-0.25, -0.2) is 18.4 Å². The summed E-state index contributed by atoms with van der Waals surface area (Å²) in [5.74, 6) is 0.612. The highest BCUT2D eigenvalue weighted by Crippen LogP contribution is 2.33. The third-order valence-corrected chi connectivity index (χ3v) is 5.80. The highest BCUT2D eigenvalue weighted by atomic mass is 32.2. The van der Waals surface area contributed by atoms with Gasteiger partial charge in [-0.3, -0.25) is 4.98 Å². The van der Waals surface area contributed by atoms with Crippen molar-refractivity contribution >= 4 is 21.6 Å². The summed E-state index contributed by atoms with van der Waals surface area (Å²) in [6, 6.07) is 12.6. The number of hydrogen-bond acceptors (Lipinski definition) is 6. The lowest BCUT2D eigenvalue weighted by atomic mass is 10.2. The van der Waals surface area contributed by atoms with Crippen molar-refractivity contribution in [3.05, 3.63) is 60.6 Å². The molecule has 0 aliphatic carbocycles. The van der Waals surface area contributed by atoms with E-state index in [0.717, 1.165) is 22.7 Å². The zero-order chi connectivity index (χ0) is 17.9. The Morgan fingerprint density at radius 3 is 2.44 bits per heavy atom. The van der Waals surface area contributed by atoms with Crippen molar-refractivity contribution in [2.24, 2.45) is 0 Å². The number of pyridine rings is 1. The first kappa shape index (κ1) is 17.6. The van der Waals surface area contributed by atoms with Gasteiger partial charge < -0.3 is 0 Å². The van der Waals surface area contributed by atoms with Crippen LogP contribution in [0.3, 0.4) is 0 Å². The van der Waals surface area contributed by atoms with E-state index in [1.54, 1.807) is 30.6 Å². The monoisotopic (exact) mass is 371 g/mol. The Balaban J connectivity index is 2.05. The van der Waals surface area contributed by atoms with Gasteiger partial charge in [0, 0.05) is 34.8 Å². The zero-order valence-corrected chi connectivity index (χ0v) is 15.5. The number of rotatable bonds is 5. The number of nitrogens with zero attached hydrogens (tertiary/aromatic N) is 3. The Hall–Kier alpha value is -2.25. The molecule has 3 aromatic rings. The Morgan fingerprint density at radius 2 is 1.76 bits per heavy atom. The molecule has 0 unspecified atom stereocenters. The van der Waals surface area contributed by atoms with Gasteiger partial charge in [0.25, 0.3) is 0 Å². The van der Waals surface area contributed by atoms with Crippen molar-refractivity contribution in [1.82, 2.24) is 15.0 Å². The molecule has 2 heterocycles. The second kappa shape index (κ2) is 7.33. The molecule has 0 aliphatic heterocycles. The SMILES string of the molecule is CCc1cc(Sc2ccccc2S(C)(=O)=O)nc(-c2ccncc2)n1. The third-order valence-electron chi connectivity index (χ3n) is 3.52. The van der Waals surface area contributed by atoms with Crippen LogP contribution in [0.25, 0.3) is 11.4 Å². The minimum atomic E-state index is -3.30. The van der Waals surface area contributed by atoms with Gasteiger partial charge in [0.05, 0.1) is 4.90 Å². The average molecular weight is 371 g/mol. The van der Waals surface area contributed by atoms with Crippen LogP contribution in [-0.2, 0) is 16.3 Å². The van der Waals surface area contributed by atoms with Crippen molar-refractivity contribution in [2.75, 3.05) is 6.26 Å². The number of aryl methyl sites for hydroxylation is 1. The van der Waals surface area contributed by atoms with Gasteiger partial charge in [-0.2, -0.15) is 0 Å². The topological polar surface area (TPSA) is 72.8 Å². The normalized spacial score (nSPS) is 11.4. The quantitative estimate of drug-likeness (QED) is 0.637. The molecule has 2 aromatic heterocycles. The smallest absolute Gasteiger partial charge is 0.176 e. The van der Waals surface area contributed by atoms with Crippen LogP contribution in [0.1, 0.15) is 12.6 Å². The molecule has 0 radical (unpaired) electrons. The molecule has 25 heavy (non-hydrogen) atoms. The molecule has 5 nitrogen and oxygen atoms in total. The Bertz CT molecular complexity index is 990. The van der Waals surface area contributed by atoms with E-state index in [4.69, 9.17) is 0 Å². The van der Waals surface area contributed by atoms with Crippen LogP contribution in [0.4, 0.5) is 0 Å². The molecule has 0 spiro atoms. The number of aromatic nitrogens is 3. The molecule has 0 aliphatic rings. The molecule has 0 amide bonds. The number of hydrogen-bond donors (Lipinski definition) is 0. The predicted octanol–water partition coefficient (Wildman–Crippen LogP) is 3.66. The first-order valence-electron chi connectivity index (χ1n) is 7.72. The molecule has 7 heteroatoms. The van der Waals surface area contributed by atoms with Gasteiger partial charge in [-0.05, 0) is 36.8 Å². The summed E-state index contributed by atoms with van der Waals surface area (Å²) in [5, 5.41) is 0.717. The molecule has 0 saturated heterocycles. The molecule has 0 bridgehead atoms. The fraction of sp³-hybridized carbons (Fsp3) is 0.167. The highest BCUT2D eigenvalue weighted by Gasteiger charge is 2.15. The maximum atomic E-state index is 12.0. The highest BCUT2D eigenvalue weighted by molar-refractivity contribution is 8.00. The maximum Gasteiger partial charge on any atom is 0.176 e. The van der Waals surface area contributed by atoms with Crippen LogP contribution in [0.5, 0.6) is 0 Å². The summed E-state index contributed by atoms with van der Waals surface area (Å²) in [6.45, 7) is 2.03. The first-order chi connectivity index (χ1) is 12.0. The summed E-state index contributed by atoms with van der Waals surface area (Å²) >= 11 is 1.33. The zero-order valence-electron chi connectivity index (χ0n) is 13.9. The van der Waals surface area contributed by atoms with Gasteiger partial charge in [-0.1, -0.05) is 30.8 Å². The lowest BCUT2D eigenvalue weighted by molar-refractivity contribution is 0.600. The lowest BCUT2D eigenvalue weighted by Crippen LogP contribution is -2.00.